The van der Waals surface area contributed by atoms with Crippen LogP contribution >= 0.6 is 0 Å². The number of aliphatic hydroxyl groups is 1. The van der Waals surface area contributed by atoms with Gasteiger partial charge in [-0.2, -0.15) is 32.1 Å². The van der Waals surface area contributed by atoms with Gasteiger partial charge in [0.15, 0.2) is 17.3 Å². The fraction of sp³-hybridized carbons (Fsp3) is 0.333. The largest absolute Gasteiger partial charge is 0.435 e. The highest BCUT2D eigenvalue weighted by Crippen LogP contribution is 2.68. The lowest BCUT2D eigenvalue weighted by Gasteiger charge is -2.21. The summed E-state index contributed by atoms with van der Waals surface area (Å²) in [7, 11) is 0. The van der Waals surface area contributed by atoms with Crippen LogP contribution in [0.3, 0.4) is 0 Å². The number of hydrogen-bond acceptors (Lipinski definition) is 6. The third-order valence-corrected chi connectivity index (χ3v) is 9.13. The molecule has 1 saturated carbocycles. The number of aromatic amines is 1. The van der Waals surface area contributed by atoms with Gasteiger partial charge in [-0.15, -0.1) is 0 Å². The second-order valence-electron chi connectivity index (χ2n) is 13.5. The molecule has 2 aliphatic rings. The van der Waals surface area contributed by atoms with Crippen LogP contribution in [0.2, 0.25) is 0 Å². The summed E-state index contributed by atoms with van der Waals surface area (Å²) in [6.07, 6.45) is -5.83. The zero-order valence-electron chi connectivity index (χ0n) is 27.0. The number of ketones is 1. The van der Waals surface area contributed by atoms with Crippen LogP contribution < -0.4 is 5.73 Å². The Labute approximate surface area is 285 Å². The zero-order valence-corrected chi connectivity index (χ0v) is 27.0. The number of benzene rings is 2. The molecule has 2 aliphatic carbocycles. The van der Waals surface area contributed by atoms with Crippen molar-refractivity contribution in [1.82, 2.24) is 25.0 Å². The number of nitrogens with zero attached hydrogens (tertiary/aromatic N) is 4. The van der Waals surface area contributed by atoms with Crippen molar-refractivity contribution < 1.29 is 40.6 Å². The summed E-state index contributed by atoms with van der Waals surface area (Å²) in [6, 6.07) is 11.2. The molecule has 3 aromatic heterocycles. The minimum atomic E-state index is -5.02. The number of nitrogens with one attached hydrogen (secondary N) is 1. The van der Waals surface area contributed by atoms with E-state index < -0.39 is 82.8 Å². The first kappa shape index (κ1) is 34.2. The quantitative estimate of drug-likeness (QED) is 0.118. The second-order valence-corrected chi connectivity index (χ2v) is 13.5. The van der Waals surface area contributed by atoms with Crippen LogP contribution in [0.1, 0.15) is 72.4 Å². The van der Waals surface area contributed by atoms with Gasteiger partial charge in [-0.1, -0.05) is 18.1 Å². The summed E-state index contributed by atoms with van der Waals surface area (Å²) >= 11 is 0. The summed E-state index contributed by atoms with van der Waals surface area (Å²) in [5.74, 6) is -3.84. The third-order valence-electron chi connectivity index (χ3n) is 9.13. The summed E-state index contributed by atoms with van der Waals surface area (Å²) in [5, 5.41) is 21.2. The Morgan fingerprint density at radius 2 is 1.84 bits per heavy atom. The number of hydrogen-bond donors (Lipinski definition) is 3. The summed E-state index contributed by atoms with van der Waals surface area (Å²) in [5.41, 5.74) is 3.66. The van der Waals surface area contributed by atoms with Gasteiger partial charge in [0.05, 0.1) is 11.2 Å². The lowest BCUT2D eigenvalue weighted by atomic mass is 9.86. The molecule has 264 valence electrons. The molecule has 3 atom stereocenters. The fourth-order valence-electron chi connectivity index (χ4n) is 6.97. The highest BCUT2D eigenvalue weighted by molar-refractivity contribution is 5.99. The van der Waals surface area contributed by atoms with E-state index in [4.69, 9.17) is 10.7 Å². The van der Waals surface area contributed by atoms with E-state index in [1.165, 1.54) is 13.8 Å². The van der Waals surface area contributed by atoms with Crippen LogP contribution in [-0.2, 0) is 29.9 Å². The molecule has 0 saturated heterocycles. The molecule has 51 heavy (non-hydrogen) atoms. The van der Waals surface area contributed by atoms with Crippen molar-refractivity contribution in [3.05, 3.63) is 94.1 Å². The predicted octanol–water partition coefficient (Wildman–Crippen LogP) is 7.02. The van der Waals surface area contributed by atoms with E-state index in [2.05, 4.69) is 27.1 Å². The van der Waals surface area contributed by atoms with Gasteiger partial charge >= 0.3 is 6.18 Å². The number of fused-ring (bicyclic) bond motifs is 4. The van der Waals surface area contributed by atoms with Gasteiger partial charge < -0.3 is 10.8 Å². The number of halogens is 7. The SMILES string of the molecule is CC(C)(O)C#Cc1ccc(-c2cccc3c(N)n[nH]c23)c([C@@H](CC(=O)Cn2nc(C(F)(F)F)c3c2C(F)(F)[C@@H]2C[C@H]32)Cc2cc(F)cc(F)c2)n1. The van der Waals surface area contributed by atoms with Gasteiger partial charge in [0, 0.05) is 46.4 Å². The Hall–Kier alpha value is -5.23. The van der Waals surface area contributed by atoms with E-state index >= 15 is 8.78 Å². The number of Topliss-reactive ketones (excluding diaryl/α,β-unsaturated/α-hetero) is 1. The van der Waals surface area contributed by atoms with Gasteiger partial charge in [-0.3, -0.25) is 14.6 Å². The van der Waals surface area contributed by atoms with Crippen molar-refractivity contribution in [3.63, 3.8) is 0 Å². The number of anilines is 1. The lowest BCUT2D eigenvalue weighted by molar-refractivity contribution is -0.142. The molecule has 1 fully saturated rings. The molecule has 0 bridgehead atoms. The van der Waals surface area contributed by atoms with Gasteiger partial charge in [-0.05, 0) is 74.4 Å². The van der Waals surface area contributed by atoms with E-state index in [9.17, 15) is 31.9 Å². The Morgan fingerprint density at radius 3 is 2.53 bits per heavy atom. The molecule has 3 heterocycles. The average Bonchev–Trinajstić information content (AvgIpc) is 3.53. The van der Waals surface area contributed by atoms with Crippen molar-refractivity contribution >= 4 is 22.5 Å². The fourth-order valence-corrected chi connectivity index (χ4v) is 6.97. The van der Waals surface area contributed by atoms with Crippen molar-refractivity contribution in [2.75, 3.05) is 5.73 Å². The van der Waals surface area contributed by atoms with E-state index in [1.807, 2.05) is 0 Å². The maximum absolute atomic E-state index is 15.3. The topological polar surface area (TPSA) is 123 Å². The molecule has 0 unspecified atom stereocenters. The van der Waals surface area contributed by atoms with Crippen LogP contribution in [0.4, 0.5) is 36.6 Å². The number of carbonyl (C=O) groups excluding carboxylic acids is 1. The molecular formula is C36H29F7N6O2. The number of H-pyrrole nitrogens is 1. The van der Waals surface area contributed by atoms with Crippen molar-refractivity contribution in [2.45, 2.75) is 69.2 Å². The Kier molecular flexibility index (Phi) is 8.01. The van der Waals surface area contributed by atoms with Crippen LogP contribution in [0.15, 0.2) is 48.5 Å². The highest BCUT2D eigenvalue weighted by Gasteiger charge is 2.68. The maximum Gasteiger partial charge on any atom is 0.435 e. The standard InChI is InChI=1S/C36H29F7N6O2/c1-34(2,51)9-8-21-6-7-24(23-4-3-5-25-30(23)46-47-33(25)44)29(45-21)18(10-17-11-19(37)14-20(38)12-17)13-22(50)16-49-32-28(31(48-49)36(41,42)43)26-15-27(26)35(32,39)40/h3-7,11-12,14,18,26-27,51H,10,13,15-16H2,1-2H3,(H3,44,46,47)/t18-,26+,27-/m1/s1. The minimum absolute atomic E-state index is 0.106. The van der Waals surface area contributed by atoms with Crippen LogP contribution in [0.5, 0.6) is 0 Å². The van der Waals surface area contributed by atoms with Crippen LogP contribution in [-0.4, -0.2) is 41.5 Å². The number of nitrogens with two attached hydrogens (primary N) is 1. The number of rotatable bonds is 8. The molecule has 0 amide bonds. The summed E-state index contributed by atoms with van der Waals surface area (Å²) < 4.78 is 102. The molecule has 0 radical (unpaired) electrons. The molecule has 2 aromatic carbocycles. The van der Waals surface area contributed by atoms with E-state index in [0.29, 0.717) is 32.8 Å². The number of carbonyl (C=O) groups is 1. The Balaban J connectivity index is 1.34. The second kappa shape index (κ2) is 11.9. The summed E-state index contributed by atoms with van der Waals surface area (Å²) in [6.45, 7) is 2.01. The molecular weight excluding hydrogens is 681 g/mol. The molecule has 4 N–H and O–H groups in total. The summed E-state index contributed by atoms with van der Waals surface area (Å²) in [4.78, 5) is 18.6. The van der Waals surface area contributed by atoms with E-state index in [1.54, 1.807) is 30.3 Å². The molecule has 0 spiro atoms. The number of pyridine rings is 1. The Bertz CT molecular complexity index is 2260. The molecule has 15 heteroatoms. The van der Waals surface area contributed by atoms with Gasteiger partial charge in [-0.25, -0.2) is 13.8 Å². The van der Waals surface area contributed by atoms with E-state index in [0.717, 1.165) is 12.1 Å². The zero-order chi connectivity index (χ0) is 36.6. The number of alkyl halides is 5. The van der Waals surface area contributed by atoms with Gasteiger partial charge in [0.25, 0.3) is 5.92 Å². The predicted molar refractivity (Wildman–Crippen MR) is 171 cm³/mol. The highest BCUT2D eigenvalue weighted by atomic mass is 19.4. The maximum atomic E-state index is 15.3. The number of nitrogen functional groups attached to an aromatic ring is 1. The van der Waals surface area contributed by atoms with Crippen LogP contribution in [0, 0.1) is 29.4 Å². The van der Waals surface area contributed by atoms with Crippen molar-refractivity contribution in [2.24, 2.45) is 5.92 Å². The average molecular weight is 711 g/mol. The molecule has 8 nitrogen and oxygen atoms in total. The Morgan fingerprint density at radius 1 is 1.12 bits per heavy atom. The monoisotopic (exact) mass is 710 g/mol. The first-order valence-electron chi connectivity index (χ1n) is 15.9. The van der Waals surface area contributed by atoms with Crippen LogP contribution in [0.25, 0.3) is 22.0 Å². The smallest absolute Gasteiger partial charge is 0.382 e. The number of aromatic nitrogens is 5. The van der Waals surface area contributed by atoms with Gasteiger partial charge in [0.1, 0.15) is 35.2 Å². The van der Waals surface area contributed by atoms with Crippen molar-refractivity contribution in [3.8, 4) is 23.0 Å². The van der Waals surface area contributed by atoms with Gasteiger partial charge in [0.2, 0.25) is 0 Å². The molecule has 5 aromatic rings. The number of para-hydroxylation sites is 1. The normalized spacial score (nSPS) is 18.2. The molecule has 0 aliphatic heterocycles. The third kappa shape index (κ3) is 6.44. The first-order valence-corrected chi connectivity index (χ1v) is 15.9. The minimum Gasteiger partial charge on any atom is -0.382 e. The first-order chi connectivity index (χ1) is 23.9. The van der Waals surface area contributed by atoms with Crippen molar-refractivity contribution in [1.29, 1.82) is 0 Å². The van der Waals surface area contributed by atoms with E-state index in [-0.39, 0.29) is 35.6 Å². The molecule has 7 rings (SSSR count). The lowest BCUT2D eigenvalue weighted by Crippen LogP contribution is -2.24.